The molecular weight excluding hydrogens is 2030 g/mol. The molecule has 3 rings (SSSR count). The fourth-order valence-electron chi connectivity index (χ4n) is 12.5. The molecule has 35 N–H and O–H groups in total. The Morgan fingerprint density at radius 3 is 1.01 bits per heavy atom. The molecule has 0 aliphatic carbocycles. The third kappa shape index (κ3) is 49.5. The van der Waals surface area contributed by atoms with Crippen LogP contribution in [0.5, 0.6) is 5.75 Å². The highest BCUT2D eigenvalue weighted by Gasteiger charge is 2.43. The molecule has 1 heterocycles. The number of aromatic hydroxyl groups is 1. The molecule has 147 heavy (non-hydrogen) atoms. The number of nitrogens with one attached hydrogen (secondary N) is 18. The summed E-state index contributed by atoms with van der Waals surface area (Å²) in [5.41, 5.74) is 18.1. The van der Waals surface area contributed by atoms with Gasteiger partial charge in [-0.05, 0) is 82.7 Å². The number of aliphatic hydroxyl groups excluding tert-OH is 4. The van der Waals surface area contributed by atoms with Crippen LogP contribution in [-0.4, -0.2) is 365 Å². The van der Waals surface area contributed by atoms with Gasteiger partial charge in [0.05, 0.1) is 60.9 Å². The Morgan fingerprint density at radius 1 is 0.354 bits per heavy atom. The number of fused-ring (bicyclic) bond motifs is 1. The van der Waals surface area contributed by atoms with E-state index in [1.165, 1.54) is 30.5 Å². The Morgan fingerprint density at radius 2 is 0.653 bits per heavy atom. The standard InChI is InChI=1S/C82H119N21O34S3.C2HF3O2/c1-35(104)64(100-69(123)48(17-20-58(84)112)90-73(127)52(93-68(122)46(83)16-21-60(114)115)25-43-28-86-47-11-9-8-10-45(43)47)79(133)96-54(27-63(120)121)75(129)95-53(26-59(85)113)74(128)97-55(29-138-32-87-39(5)108)76(130)92-49(18-22-61(116)117)70(124)101-65(36(2)105)80(134)99-57(31-140-34-89-41(7)110)78(132)102-66(37(3)106)81(135)98-56(30-139-33-88-40(6)109)77(131)94-51(24-42-12-14-44(111)15-13-42)72(126)91-50(19-23-62(118)119)71(125)103-67(38(4)107)82(136)137;3-2(4,5)1(6)7/h8-15,28,35-38,46,48-57,64-67,86,104-107,111H,16-27,29-34,83H2,1-7H3,(H2,84,112)(H2,85,113)(H,87,108)(H,88,109)(H,89,110)(H,90,127)(H,91,126)(H,92,130)(H,93,122)(H,94,131)(H,95,129)(H,96,133)(H,97,128)(H,98,135)(H,99,134)(H,100,123)(H,101,124)(H,102,132)(H,103,125)(H,114,115)(H,116,117)(H,118,119)(H,120,121)(H,136,137);(H,6,7)/t35-,36-,37-,38-,46+,48+,49+,50+,51+,52+,53+,54+,55+,56+,57+,64+,65+,66+,67+;/m1./s1. The van der Waals surface area contributed by atoms with Crippen molar-refractivity contribution in [2.45, 2.75) is 247 Å². The van der Waals surface area contributed by atoms with Crippen LogP contribution in [0.2, 0.25) is 0 Å². The van der Waals surface area contributed by atoms with Crippen molar-refractivity contribution in [2.75, 3.05) is 34.9 Å². The van der Waals surface area contributed by atoms with Crippen LogP contribution in [0.3, 0.4) is 0 Å². The third-order valence-corrected chi connectivity index (χ3v) is 22.9. The number of halogens is 3. The van der Waals surface area contributed by atoms with Crippen molar-refractivity contribution < 1.29 is 189 Å². The molecule has 0 bridgehead atoms. The minimum atomic E-state index is -5.08. The van der Waals surface area contributed by atoms with Crippen LogP contribution in [0.1, 0.15) is 124 Å². The number of phenolic OH excluding ortho intramolecular Hbond substituents is 1. The second-order valence-electron chi connectivity index (χ2n) is 32.5. The van der Waals surface area contributed by atoms with E-state index in [0.29, 0.717) is 28.2 Å². The van der Waals surface area contributed by atoms with Crippen molar-refractivity contribution in [2.24, 2.45) is 17.2 Å². The number of H-pyrrole nitrogens is 1. The molecule has 19 atom stereocenters. The lowest BCUT2D eigenvalue weighted by atomic mass is 10.0. The van der Waals surface area contributed by atoms with Gasteiger partial charge in [0.2, 0.25) is 112 Å². The zero-order chi connectivity index (χ0) is 112. The minimum Gasteiger partial charge on any atom is -0.508 e. The number of benzene rings is 2. The lowest BCUT2D eigenvalue weighted by molar-refractivity contribution is -0.192. The number of aromatic amines is 1. The van der Waals surface area contributed by atoms with Gasteiger partial charge in [0.1, 0.15) is 84.3 Å². The maximum atomic E-state index is 14.6. The Kier molecular flexibility index (Phi) is 55.9. The Labute approximate surface area is 845 Å². The maximum Gasteiger partial charge on any atom is 0.490 e. The van der Waals surface area contributed by atoms with Crippen molar-refractivity contribution in [3.05, 3.63) is 65.9 Å². The average Bonchev–Trinajstić information content (AvgIpc) is 1.68. The monoisotopic (exact) mass is 2150 g/mol. The number of primary amides is 2. The molecule has 0 fully saturated rings. The van der Waals surface area contributed by atoms with E-state index in [4.69, 9.17) is 27.1 Å². The number of aromatic nitrogens is 1. The second-order valence-corrected chi connectivity index (χ2v) is 35.6. The largest absolute Gasteiger partial charge is 0.508 e. The number of thioether (sulfide) groups is 3. The molecule has 63 heteroatoms. The summed E-state index contributed by atoms with van der Waals surface area (Å²) in [5.74, 6) is -37.2. The quantitative estimate of drug-likeness (QED) is 0.0184. The van der Waals surface area contributed by atoms with Gasteiger partial charge < -0.3 is 169 Å². The first-order valence-corrected chi connectivity index (χ1v) is 47.5. The lowest BCUT2D eigenvalue weighted by Crippen LogP contribution is -2.64. The summed E-state index contributed by atoms with van der Waals surface area (Å²) in [6.07, 6.45) is -20.5. The minimum absolute atomic E-state index is 0.204. The SMILES string of the molecule is CC(=O)NCSC[C@H](NC(=O)[C@H](CC(N)=O)NC(=O)[C@H](CC(=O)O)NC(=O)[C@@H](NC(=O)[C@H](CCC(N)=O)NC(=O)[C@H](Cc1c[nH]c2ccccc12)NC(=O)[C@@H](N)CCC(=O)O)[C@@H](C)O)C(=O)N[C@@H](CCC(=O)O)C(=O)N[C@H](C(=O)N[C@@H](CSCNC(C)=O)C(=O)N[C@H](C(=O)N[C@@H](CSCNC(C)=O)C(=O)N[C@@H](Cc1ccc(O)cc1)C(=O)N[C@@H](CCC(=O)O)C(=O)N[C@H](C(=O)O)[C@@H](C)O)[C@@H](C)O)[C@@H](C)O.O=C(O)C(F)(F)F. The summed E-state index contributed by atoms with van der Waals surface area (Å²) < 4.78 is 31.7. The number of hydrogen-bond donors (Lipinski definition) is 32. The normalized spacial score (nSPS) is 14.9. The van der Waals surface area contributed by atoms with Crippen molar-refractivity contribution in [3.63, 3.8) is 0 Å². The third-order valence-electron chi connectivity index (χ3n) is 20.2. The van der Waals surface area contributed by atoms with E-state index < -0.39 is 351 Å². The van der Waals surface area contributed by atoms with E-state index in [0.717, 1.165) is 72.0 Å². The van der Waals surface area contributed by atoms with E-state index >= 15 is 0 Å². The number of alkyl halides is 3. The summed E-state index contributed by atoms with van der Waals surface area (Å²) in [6, 6.07) is -18.3. The molecule has 0 spiro atoms. The molecule has 2 aromatic carbocycles. The van der Waals surface area contributed by atoms with Gasteiger partial charge in [-0.25, -0.2) is 9.59 Å². The first-order chi connectivity index (χ1) is 68.5. The van der Waals surface area contributed by atoms with E-state index in [1.807, 2.05) is 16.0 Å². The van der Waals surface area contributed by atoms with Crippen LogP contribution >= 0.6 is 35.3 Å². The predicted molar refractivity (Wildman–Crippen MR) is 505 cm³/mol. The highest BCUT2D eigenvalue weighted by Crippen LogP contribution is 2.22. The van der Waals surface area contributed by atoms with Gasteiger partial charge in [-0.15, -0.1) is 35.3 Å². The Hall–Kier alpha value is -14.8. The molecule has 816 valence electrons. The highest BCUT2D eigenvalue weighted by molar-refractivity contribution is 7.99. The fourth-order valence-corrected chi connectivity index (χ4v) is 15.2. The van der Waals surface area contributed by atoms with Crippen LogP contribution in [0.25, 0.3) is 10.9 Å². The van der Waals surface area contributed by atoms with Gasteiger partial charge in [-0.2, -0.15) is 13.2 Å². The number of hydrogen-bond acceptors (Lipinski definition) is 34. The van der Waals surface area contributed by atoms with Gasteiger partial charge in [-0.3, -0.25) is 110 Å². The molecular formula is C84H120F3N21O36S3. The summed E-state index contributed by atoms with van der Waals surface area (Å²) in [5, 5.41) is 148. The highest BCUT2D eigenvalue weighted by atomic mass is 32.2. The number of phenols is 1. The van der Waals surface area contributed by atoms with Crippen molar-refractivity contribution in [1.82, 2.24) is 95.4 Å². The topological polar surface area (TPSA) is 948 Å². The number of aliphatic carboxylic acids is 6. The van der Waals surface area contributed by atoms with Crippen LogP contribution in [0.4, 0.5) is 13.2 Å². The molecule has 3 aromatic rings. The molecule has 1 aromatic heterocycles. The summed E-state index contributed by atoms with van der Waals surface area (Å²) in [7, 11) is 0. The van der Waals surface area contributed by atoms with Crippen molar-refractivity contribution in [3.8, 4) is 5.75 Å². The smallest absolute Gasteiger partial charge is 0.490 e. The van der Waals surface area contributed by atoms with Gasteiger partial charge in [-0.1, -0.05) is 30.3 Å². The molecule has 0 aliphatic heterocycles. The molecule has 0 aliphatic rings. The second kappa shape index (κ2) is 64.1. The number of rotatable bonds is 65. The van der Waals surface area contributed by atoms with E-state index in [-0.39, 0.29) is 41.8 Å². The molecule has 57 nitrogen and oxygen atoms in total. The van der Waals surface area contributed by atoms with Crippen LogP contribution < -0.4 is 108 Å². The van der Waals surface area contributed by atoms with Crippen molar-refractivity contribution >= 4 is 194 Å². The zero-order valence-electron chi connectivity index (χ0n) is 79.6. The van der Waals surface area contributed by atoms with E-state index in [2.05, 4.69) is 79.4 Å². The molecule has 0 radical (unpaired) electrons. The van der Waals surface area contributed by atoms with Crippen molar-refractivity contribution in [1.29, 1.82) is 0 Å². The number of nitrogens with two attached hydrogens (primary N) is 3. The summed E-state index contributed by atoms with van der Waals surface area (Å²) >= 11 is 2.18. The van der Waals surface area contributed by atoms with Crippen LogP contribution in [-0.2, 0) is 133 Å². The van der Waals surface area contributed by atoms with E-state index in [9.17, 15) is 179 Å². The van der Waals surface area contributed by atoms with Crippen LogP contribution in [0, 0.1) is 0 Å². The predicted octanol–water partition coefficient (Wildman–Crippen LogP) is -10.3. The number of carboxylic acids is 6. The van der Waals surface area contributed by atoms with Crippen LogP contribution in [0.15, 0.2) is 54.7 Å². The number of carbonyl (C=O) groups excluding carboxylic acids is 19. The van der Waals surface area contributed by atoms with Gasteiger partial charge in [0.15, 0.2) is 6.04 Å². The fraction of sp³-hybridized carbons (Fsp3) is 0.536. The Bertz CT molecular complexity index is 5160. The Balaban J connectivity index is 0.0000100. The average molecular weight is 2150 g/mol. The van der Waals surface area contributed by atoms with Gasteiger partial charge >= 0.3 is 42.0 Å². The first kappa shape index (κ1) is 128. The maximum absolute atomic E-state index is 14.6. The molecule has 0 saturated heterocycles. The number of para-hydroxylation sites is 1. The molecule has 0 unspecified atom stereocenters. The molecule has 0 saturated carbocycles. The number of aliphatic hydroxyl groups is 4. The van der Waals surface area contributed by atoms with E-state index in [1.54, 1.807) is 24.3 Å². The first-order valence-electron chi connectivity index (χ1n) is 44.0. The van der Waals surface area contributed by atoms with Gasteiger partial charge in [0, 0.05) is 93.7 Å². The zero-order valence-corrected chi connectivity index (χ0v) is 82.1. The van der Waals surface area contributed by atoms with Gasteiger partial charge in [0.25, 0.3) is 0 Å². The molecule has 19 amide bonds. The summed E-state index contributed by atoms with van der Waals surface area (Å²) in [4.78, 5) is 332. The lowest BCUT2D eigenvalue weighted by Gasteiger charge is -2.29. The number of carboxylic acid groups (broad SMARTS) is 6. The summed E-state index contributed by atoms with van der Waals surface area (Å²) in [6.45, 7) is 7.11. The number of amides is 19. The number of carbonyl (C=O) groups is 25.